The van der Waals surface area contributed by atoms with Gasteiger partial charge in [-0.1, -0.05) is 23.2 Å². The number of nitrogens with zero attached hydrogens (tertiary/aromatic N) is 2. The number of pyridine rings is 1. The smallest absolute Gasteiger partial charge is 0.338 e. The molecule has 2 N–H and O–H groups in total. The average Bonchev–Trinajstić information content (AvgIpc) is 2.88. The summed E-state index contributed by atoms with van der Waals surface area (Å²) in [6.45, 7) is 6.90. The molecule has 3 heterocycles. The number of carbonyl (C=O) groups excluding carboxylic acids is 2. The summed E-state index contributed by atoms with van der Waals surface area (Å²) in [6.07, 6.45) is 3.91. The Bertz CT molecular complexity index is 929. The van der Waals surface area contributed by atoms with Crippen LogP contribution in [0.2, 0.25) is 10.0 Å². The van der Waals surface area contributed by atoms with E-state index in [1.807, 2.05) is 13.8 Å². The maximum atomic E-state index is 12.6. The number of hydrogen-bond donors (Lipinski definition) is 2. The van der Waals surface area contributed by atoms with Crippen molar-refractivity contribution in [3.05, 3.63) is 45.3 Å². The van der Waals surface area contributed by atoms with Crippen molar-refractivity contribution in [3.8, 4) is 0 Å². The van der Waals surface area contributed by atoms with Crippen molar-refractivity contribution in [2.45, 2.75) is 52.2 Å². The molecule has 1 unspecified atom stereocenters. The van der Waals surface area contributed by atoms with Crippen LogP contribution in [0.3, 0.4) is 0 Å². The largest absolute Gasteiger partial charge is 0.459 e. The van der Waals surface area contributed by atoms with Gasteiger partial charge in [0.15, 0.2) is 0 Å². The van der Waals surface area contributed by atoms with Gasteiger partial charge in [-0.15, -0.1) is 0 Å². The summed E-state index contributed by atoms with van der Waals surface area (Å²) in [5.74, 6) is 0.116. The second kappa shape index (κ2) is 9.71. The van der Waals surface area contributed by atoms with Crippen LogP contribution >= 0.6 is 23.2 Å². The first-order valence-corrected chi connectivity index (χ1v) is 10.8. The fraction of sp³-hybridized carbons (Fsp3) is 0.476. The SMILES string of the molecule is Cc1[nH]c(C(=O)NC2CCCN(c3cc(C(=O)OC(C)C)ccn3)CC2)c(Cl)c1Cl. The number of hydrogen-bond acceptors (Lipinski definition) is 5. The number of esters is 1. The minimum atomic E-state index is -0.356. The van der Waals surface area contributed by atoms with Crippen molar-refractivity contribution in [1.82, 2.24) is 15.3 Å². The molecule has 9 heteroatoms. The molecule has 0 bridgehead atoms. The molecule has 3 rings (SSSR count). The van der Waals surface area contributed by atoms with Crippen LogP contribution in [0.25, 0.3) is 0 Å². The van der Waals surface area contributed by atoms with Crippen molar-refractivity contribution < 1.29 is 14.3 Å². The first-order valence-electron chi connectivity index (χ1n) is 10.0. The Morgan fingerprint density at radius 1 is 1.27 bits per heavy atom. The molecule has 1 atom stereocenters. The number of H-pyrrole nitrogens is 1. The number of carbonyl (C=O) groups is 2. The zero-order chi connectivity index (χ0) is 21.8. The molecule has 0 aliphatic carbocycles. The van der Waals surface area contributed by atoms with Gasteiger partial charge in [0.1, 0.15) is 11.5 Å². The van der Waals surface area contributed by atoms with E-state index in [0.717, 1.165) is 31.6 Å². The van der Waals surface area contributed by atoms with Crippen LogP contribution in [0.4, 0.5) is 5.82 Å². The molecule has 0 aromatic carbocycles. The summed E-state index contributed by atoms with van der Waals surface area (Å²) in [5, 5.41) is 3.66. The molecule has 30 heavy (non-hydrogen) atoms. The van der Waals surface area contributed by atoms with E-state index >= 15 is 0 Å². The van der Waals surface area contributed by atoms with Gasteiger partial charge in [-0.25, -0.2) is 9.78 Å². The standard InChI is InChI=1S/C21H26Cl2N4O3/c1-12(2)30-21(29)14-6-8-24-16(11-14)27-9-4-5-15(7-10-27)26-20(28)19-18(23)17(22)13(3)25-19/h6,8,11-12,15,25H,4-5,7,9-10H2,1-3H3,(H,26,28). The van der Waals surface area contributed by atoms with Gasteiger partial charge in [0.05, 0.1) is 21.7 Å². The predicted octanol–water partition coefficient (Wildman–Crippen LogP) is 4.38. The van der Waals surface area contributed by atoms with Crippen LogP contribution < -0.4 is 10.2 Å². The third kappa shape index (κ3) is 5.26. The molecule has 0 saturated carbocycles. The number of aromatic nitrogens is 2. The van der Waals surface area contributed by atoms with Gasteiger partial charge in [0.25, 0.3) is 5.91 Å². The van der Waals surface area contributed by atoms with Crippen molar-refractivity contribution >= 4 is 40.9 Å². The Hall–Kier alpha value is -2.25. The van der Waals surface area contributed by atoms with Crippen molar-refractivity contribution in [1.29, 1.82) is 0 Å². The Morgan fingerprint density at radius 2 is 2.03 bits per heavy atom. The van der Waals surface area contributed by atoms with E-state index in [9.17, 15) is 9.59 Å². The number of halogens is 2. The minimum absolute atomic E-state index is 0.00929. The molecule has 162 valence electrons. The van der Waals surface area contributed by atoms with Crippen LogP contribution in [0.5, 0.6) is 0 Å². The summed E-state index contributed by atoms with van der Waals surface area (Å²) >= 11 is 12.2. The van der Waals surface area contributed by atoms with Gasteiger partial charge in [0.2, 0.25) is 0 Å². The Morgan fingerprint density at radius 3 is 2.70 bits per heavy atom. The Labute approximate surface area is 186 Å². The van der Waals surface area contributed by atoms with Crippen molar-refractivity contribution in [3.63, 3.8) is 0 Å². The van der Waals surface area contributed by atoms with E-state index in [4.69, 9.17) is 27.9 Å². The van der Waals surface area contributed by atoms with E-state index in [1.165, 1.54) is 0 Å². The summed E-state index contributed by atoms with van der Waals surface area (Å²) in [6, 6.07) is 3.42. The highest BCUT2D eigenvalue weighted by Gasteiger charge is 2.24. The summed E-state index contributed by atoms with van der Waals surface area (Å²) in [5.41, 5.74) is 1.44. The monoisotopic (exact) mass is 452 g/mol. The number of anilines is 1. The van der Waals surface area contributed by atoms with E-state index < -0.39 is 0 Å². The van der Waals surface area contributed by atoms with Crippen molar-refractivity contribution in [2.24, 2.45) is 0 Å². The molecule has 1 fully saturated rings. The number of aromatic amines is 1. The molecule has 1 aliphatic heterocycles. The average molecular weight is 453 g/mol. The predicted molar refractivity (Wildman–Crippen MR) is 118 cm³/mol. The van der Waals surface area contributed by atoms with Crippen LogP contribution in [0.1, 0.15) is 59.7 Å². The van der Waals surface area contributed by atoms with Gasteiger partial charge < -0.3 is 19.9 Å². The number of rotatable bonds is 5. The normalized spacial score (nSPS) is 17.0. The number of amides is 1. The van der Waals surface area contributed by atoms with Gasteiger partial charge >= 0.3 is 5.97 Å². The molecular weight excluding hydrogens is 427 g/mol. The molecule has 1 saturated heterocycles. The second-order valence-electron chi connectivity index (χ2n) is 7.70. The summed E-state index contributed by atoms with van der Waals surface area (Å²) in [4.78, 5) is 34.3. The highest BCUT2D eigenvalue weighted by atomic mass is 35.5. The van der Waals surface area contributed by atoms with Gasteiger partial charge in [0, 0.05) is 31.0 Å². The molecule has 1 aliphatic rings. The minimum Gasteiger partial charge on any atom is -0.459 e. The maximum Gasteiger partial charge on any atom is 0.338 e. The lowest BCUT2D eigenvalue weighted by molar-refractivity contribution is 0.0377. The van der Waals surface area contributed by atoms with Gasteiger partial charge in [-0.05, 0) is 52.2 Å². The number of aryl methyl sites for hydroxylation is 1. The first-order chi connectivity index (χ1) is 14.3. The van der Waals surface area contributed by atoms with E-state index in [1.54, 1.807) is 25.3 Å². The number of ether oxygens (including phenoxy) is 1. The maximum absolute atomic E-state index is 12.6. The number of nitrogens with one attached hydrogen (secondary N) is 2. The van der Waals surface area contributed by atoms with E-state index in [0.29, 0.717) is 28.5 Å². The van der Waals surface area contributed by atoms with Gasteiger partial charge in [-0.3, -0.25) is 4.79 Å². The van der Waals surface area contributed by atoms with E-state index in [-0.39, 0.29) is 29.0 Å². The summed E-state index contributed by atoms with van der Waals surface area (Å²) in [7, 11) is 0. The Kier molecular flexibility index (Phi) is 7.26. The molecule has 1 amide bonds. The molecule has 0 spiro atoms. The lowest BCUT2D eigenvalue weighted by Crippen LogP contribution is -2.36. The zero-order valence-electron chi connectivity index (χ0n) is 17.3. The second-order valence-corrected chi connectivity index (χ2v) is 8.45. The third-order valence-electron chi connectivity index (χ3n) is 4.99. The molecular formula is C21H26Cl2N4O3. The molecule has 2 aromatic rings. The van der Waals surface area contributed by atoms with Crippen LogP contribution in [0.15, 0.2) is 18.3 Å². The molecule has 7 nitrogen and oxygen atoms in total. The zero-order valence-corrected chi connectivity index (χ0v) is 18.8. The highest BCUT2D eigenvalue weighted by molar-refractivity contribution is 6.44. The van der Waals surface area contributed by atoms with Crippen LogP contribution in [-0.2, 0) is 4.74 Å². The first kappa shape index (κ1) is 22.4. The lowest BCUT2D eigenvalue weighted by Gasteiger charge is -2.22. The topological polar surface area (TPSA) is 87.3 Å². The van der Waals surface area contributed by atoms with E-state index in [2.05, 4.69) is 20.2 Å². The third-order valence-corrected chi connectivity index (χ3v) is 5.94. The lowest BCUT2D eigenvalue weighted by atomic mass is 10.1. The fourth-order valence-electron chi connectivity index (χ4n) is 3.46. The van der Waals surface area contributed by atoms with Crippen molar-refractivity contribution in [2.75, 3.05) is 18.0 Å². The Balaban J connectivity index is 1.63. The quantitative estimate of drug-likeness (QED) is 0.657. The fourth-order valence-corrected chi connectivity index (χ4v) is 3.87. The molecule has 2 aromatic heterocycles. The van der Waals surface area contributed by atoms with Gasteiger partial charge in [-0.2, -0.15) is 0 Å². The van der Waals surface area contributed by atoms with Crippen LogP contribution in [-0.4, -0.2) is 47.1 Å². The van der Waals surface area contributed by atoms with Crippen LogP contribution in [0, 0.1) is 6.92 Å². The highest BCUT2D eigenvalue weighted by Crippen LogP contribution is 2.29. The summed E-state index contributed by atoms with van der Waals surface area (Å²) < 4.78 is 5.27. The molecule has 0 radical (unpaired) electrons.